The number of aliphatic hydroxyl groups excluding tert-OH is 1. The van der Waals surface area contributed by atoms with Crippen LogP contribution in [0.3, 0.4) is 0 Å². The van der Waals surface area contributed by atoms with Gasteiger partial charge in [-0.3, -0.25) is 0 Å². The number of aliphatic hydroxyl groups is 1. The molecular weight excluding hydrogens is 393 g/mol. The summed E-state index contributed by atoms with van der Waals surface area (Å²) in [6, 6.07) is 7.16. The van der Waals surface area contributed by atoms with Crippen molar-refractivity contribution in [3.8, 4) is 0 Å². The zero-order valence-electron chi connectivity index (χ0n) is 14.6. The summed E-state index contributed by atoms with van der Waals surface area (Å²) < 4.78 is 0. The number of fused-ring (bicyclic) bond motifs is 1. The van der Waals surface area contributed by atoms with Crippen LogP contribution >= 0.6 is 34.8 Å². The van der Waals surface area contributed by atoms with Gasteiger partial charge in [-0.1, -0.05) is 54.2 Å². The molecule has 0 atom stereocenters. The molecule has 4 nitrogen and oxygen atoms in total. The molecule has 0 fully saturated rings. The molecule has 2 N–H and O–H groups in total. The number of aryl methyl sites for hydroxylation is 1. The van der Waals surface area contributed by atoms with Crippen LogP contribution in [0, 0.1) is 6.92 Å². The Morgan fingerprint density at radius 2 is 1.92 bits per heavy atom. The van der Waals surface area contributed by atoms with Crippen molar-refractivity contribution in [3.63, 3.8) is 0 Å². The van der Waals surface area contributed by atoms with E-state index in [1.807, 2.05) is 13.0 Å². The van der Waals surface area contributed by atoms with Gasteiger partial charge in [-0.05, 0) is 37.1 Å². The molecule has 0 aliphatic heterocycles. The Kier molecular flexibility index (Phi) is 5.98. The molecule has 138 valence electrons. The van der Waals surface area contributed by atoms with Gasteiger partial charge in [-0.25, -0.2) is 4.98 Å². The predicted octanol–water partition coefficient (Wildman–Crippen LogP) is 6.26. The van der Waals surface area contributed by atoms with Gasteiger partial charge in [0.1, 0.15) is 0 Å². The summed E-state index contributed by atoms with van der Waals surface area (Å²) >= 11 is 19.0. The first-order chi connectivity index (χ1) is 12.5. The van der Waals surface area contributed by atoms with Crippen molar-refractivity contribution < 1.29 is 5.11 Å². The lowest BCUT2D eigenvalue weighted by Gasteiger charge is -2.25. The zero-order valence-corrected chi connectivity index (χ0v) is 16.9. The summed E-state index contributed by atoms with van der Waals surface area (Å²) in [5.41, 5.74) is 3.93. The first-order valence-electron chi connectivity index (χ1n) is 8.47. The molecule has 0 amide bonds. The van der Waals surface area contributed by atoms with E-state index in [0.717, 1.165) is 36.2 Å². The largest absolute Gasteiger partial charge is 0.392 e. The number of unbranched alkanes of at least 4 members (excludes halogenated alkanes) is 1. The van der Waals surface area contributed by atoms with Crippen molar-refractivity contribution in [3.05, 3.63) is 50.5 Å². The lowest BCUT2D eigenvalue weighted by molar-refractivity contribution is 0.283. The smallest absolute Gasteiger partial charge is 0.208 e. The van der Waals surface area contributed by atoms with Crippen LogP contribution in [0.15, 0.2) is 24.3 Å². The van der Waals surface area contributed by atoms with E-state index in [0.29, 0.717) is 32.0 Å². The Morgan fingerprint density at radius 3 is 2.58 bits per heavy atom. The third-order valence-corrected chi connectivity index (χ3v) is 5.14. The Balaban J connectivity index is 2.18. The highest BCUT2D eigenvalue weighted by Gasteiger charge is 2.20. The minimum absolute atomic E-state index is 0.104. The van der Waals surface area contributed by atoms with Crippen molar-refractivity contribution in [1.29, 1.82) is 0 Å². The topological polar surface area (TPSA) is 52.1 Å². The lowest BCUT2D eigenvalue weighted by Crippen LogP contribution is -2.21. The van der Waals surface area contributed by atoms with Crippen LogP contribution in [0.1, 0.15) is 30.9 Å². The van der Waals surface area contributed by atoms with E-state index in [1.54, 1.807) is 18.2 Å². The molecule has 1 aromatic heterocycles. The number of rotatable bonds is 6. The second-order valence-corrected chi connectivity index (χ2v) is 7.46. The van der Waals surface area contributed by atoms with Gasteiger partial charge < -0.3 is 15.0 Å². The fourth-order valence-corrected chi connectivity index (χ4v) is 3.93. The number of nitrogens with one attached hydrogen (secondary N) is 1. The van der Waals surface area contributed by atoms with E-state index < -0.39 is 0 Å². The molecule has 3 rings (SSSR count). The number of hydrogen-bond acceptors (Lipinski definition) is 3. The number of H-pyrrole nitrogens is 1. The monoisotopic (exact) mass is 411 g/mol. The molecule has 1 heterocycles. The molecule has 0 saturated carbocycles. The van der Waals surface area contributed by atoms with Crippen molar-refractivity contribution in [2.24, 2.45) is 0 Å². The molecule has 0 radical (unpaired) electrons. The first kappa shape index (κ1) is 19.3. The molecule has 0 saturated heterocycles. The minimum atomic E-state index is -0.104. The molecule has 0 bridgehead atoms. The van der Waals surface area contributed by atoms with Crippen molar-refractivity contribution >= 4 is 57.5 Å². The molecule has 0 unspecified atom stereocenters. The van der Waals surface area contributed by atoms with Crippen molar-refractivity contribution in [2.75, 3.05) is 11.4 Å². The molecule has 2 aromatic carbocycles. The van der Waals surface area contributed by atoms with Gasteiger partial charge in [0, 0.05) is 17.1 Å². The number of aromatic nitrogens is 2. The van der Waals surface area contributed by atoms with E-state index >= 15 is 0 Å². The number of halogens is 3. The third kappa shape index (κ3) is 3.65. The summed E-state index contributed by atoms with van der Waals surface area (Å²) in [6.45, 7) is 4.74. The lowest BCUT2D eigenvalue weighted by atomic mass is 10.1. The maximum absolute atomic E-state index is 9.61. The summed E-state index contributed by atoms with van der Waals surface area (Å²) in [6.07, 6.45) is 2.00. The second-order valence-electron chi connectivity index (χ2n) is 6.21. The first-order valence-corrected chi connectivity index (χ1v) is 9.60. The molecule has 0 aliphatic carbocycles. The van der Waals surface area contributed by atoms with Gasteiger partial charge in [0.05, 0.1) is 33.4 Å². The minimum Gasteiger partial charge on any atom is -0.392 e. The molecule has 26 heavy (non-hydrogen) atoms. The fraction of sp³-hybridized carbons (Fsp3) is 0.316. The summed E-state index contributed by atoms with van der Waals surface area (Å²) in [7, 11) is 0. The number of anilines is 2. The number of nitrogens with zero attached hydrogens (tertiary/aromatic N) is 2. The van der Waals surface area contributed by atoms with Gasteiger partial charge in [0.2, 0.25) is 5.95 Å². The molecule has 0 aliphatic rings. The van der Waals surface area contributed by atoms with Gasteiger partial charge in [0.15, 0.2) is 0 Å². The van der Waals surface area contributed by atoms with Gasteiger partial charge in [-0.2, -0.15) is 0 Å². The third-order valence-electron chi connectivity index (χ3n) is 4.32. The van der Waals surface area contributed by atoms with Crippen LogP contribution in [0.25, 0.3) is 11.0 Å². The number of aromatic amines is 1. The maximum Gasteiger partial charge on any atom is 0.208 e. The number of hydrogen-bond donors (Lipinski definition) is 2. The van der Waals surface area contributed by atoms with Gasteiger partial charge >= 0.3 is 0 Å². The number of benzene rings is 2. The van der Waals surface area contributed by atoms with Gasteiger partial charge in [0.25, 0.3) is 0 Å². The average molecular weight is 413 g/mol. The standard InChI is InChI=1S/C19H20Cl3N3O/c1-3-4-7-25(18-11(2)8-13(20)9-15(18)22)19-23-16-12(10-26)5-6-14(21)17(16)24-19/h5-6,8-9,26H,3-4,7,10H2,1-2H3,(H,23,24). The quantitative estimate of drug-likeness (QED) is 0.502. The SMILES string of the molecule is CCCCN(c1nc2c(CO)ccc(Cl)c2[nH]1)c1c(C)cc(Cl)cc1Cl. The summed E-state index contributed by atoms with van der Waals surface area (Å²) in [5.74, 6) is 0.642. The van der Waals surface area contributed by atoms with E-state index in [2.05, 4.69) is 16.8 Å². The summed E-state index contributed by atoms with van der Waals surface area (Å²) in [5, 5.41) is 11.3. The highest BCUT2D eigenvalue weighted by molar-refractivity contribution is 6.37. The van der Waals surface area contributed by atoms with Crippen molar-refractivity contribution in [2.45, 2.75) is 33.3 Å². The second kappa shape index (κ2) is 8.05. The average Bonchev–Trinajstić information content (AvgIpc) is 3.03. The molecule has 7 heteroatoms. The van der Waals surface area contributed by atoms with E-state index in [9.17, 15) is 5.11 Å². The predicted molar refractivity (Wildman–Crippen MR) is 110 cm³/mol. The van der Waals surface area contributed by atoms with E-state index in [4.69, 9.17) is 39.8 Å². The van der Waals surface area contributed by atoms with E-state index in [1.165, 1.54) is 0 Å². The van der Waals surface area contributed by atoms with Crippen LogP contribution in [0.5, 0.6) is 0 Å². The summed E-state index contributed by atoms with van der Waals surface area (Å²) in [4.78, 5) is 10.1. The van der Waals surface area contributed by atoms with Crippen LogP contribution in [-0.2, 0) is 6.61 Å². The number of imidazole rings is 1. The molecule has 3 aromatic rings. The van der Waals surface area contributed by atoms with Crippen molar-refractivity contribution in [1.82, 2.24) is 9.97 Å². The molecule has 0 spiro atoms. The molecular formula is C19H20Cl3N3O. The van der Waals surface area contributed by atoms with Gasteiger partial charge in [-0.15, -0.1) is 0 Å². The normalized spacial score (nSPS) is 11.3. The van der Waals surface area contributed by atoms with Crippen LogP contribution in [0.4, 0.5) is 11.6 Å². The van der Waals surface area contributed by atoms with Crippen LogP contribution < -0.4 is 4.90 Å². The highest BCUT2D eigenvalue weighted by atomic mass is 35.5. The maximum atomic E-state index is 9.61. The Morgan fingerprint density at radius 1 is 1.15 bits per heavy atom. The van der Waals surface area contributed by atoms with E-state index in [-0.39, 0.29) is 6.61 Å². The Hall–Kier alpha value is -1.46. The van der Waals surface area contributed by atoms with Crippen LogP contribution in [0.2, 0.25) is 15.1 Å². The Labute approximate surface area is 167 Å². The Bertz CT molecular complexity index is 916. The fourth-order valence-electron chi connectivity index (χ4n) is 3.03. The van der Waals surface area contributed by atoms with Crippen LogP contribution in [-0.4, -0.2) is 21.6 Å². The highest BCUT2D eigenvalue weighted by Crippen LogP contribution is 2.38. The zero-order chi connectivity index (χ0) is 18.8.